The molecule has 2 heterocycles. The van der Waals surface area contributed by atoms with Gasteiger partial charge in [0.15, 0.2) is 0 Å². The van der Waals surface area contributed by atoms with Gasteiger partial charge in [-0.15, -0.1) is 0 Å². The number of aromatic nitrogens is 2. The maximum Gasteiger partial charge on any atom is 0.341 e. The molecule has 0 spiro atoms. The molecule has 0 aromatic carbocycles. The number of nitrogen functional groups attached to an aromatic ring is 1. The Labute approximate surface area is 134 Å². The number of esters is 1. The molecule has 2 aromatic rings. The normalized spacial score (nSPS) is 10.5. The van der Waals surface area contributed by atoms with Crippen molar-refractivity contribution in [2.75, 3.05) is 25.3 Å². The summed E-state index contributed by atoms with van der Waals surface area (Å²) in [6, 6.07) is 3.43. The minimum atomic E-state index is -0.471. The molecule has 0 aliphatic carbocycles. The highest BCUT2D eigenvalue weighted by Gasteiger charge is 2.17. The third-order valence-electron chi connectivity index (χ3n) is 3.28. The van der Waals surface area contributed by atoms with Gasteiger partial charge in [0.25, 0.3) is 0 Å². The zero-order valence-electron chi connectivity index (χ0n) is 13.6. The van der Waals surface area contributed by atoms with Crippen LogP contribution in [0.15, 0.2) is 24.5 Å². The van der Waals surface area contributed by atoms with E-state index in [1.165, 1.54) is 20.4 Å². The van der Waals surface area contributed by atoms with Crippen molar-refractivity contribution in [3.63, 3.8) is 0 Å². The number of methoxy groups -OCH3 is 2. The van der Waals surface area contributed by atoms with Crippen LogP contribution >= 0.6 is 0 Å². The number of carbonyl (C=O) groups is 1. The first-order chi connectivity index (χ1) is 11.0. The number of hydrogen-bond donors (Lipinski definition) is 2. The zero-order valence-corrected chi connectivity index (χ0v) is 13.6. The van der Waals surface area contributed by atoms with Crippen molar-refractivity contribution in [3.8, 4) is 5.88 Å². The molecule has 2 aromatic heterocycles. The van der Waals surface area contributed by atoms with Crippen LogP contribution in [0.3, 0.4) is 0 Å². The quantitative estimate of drug-likeness (QED) is 0.818. The van der Waals surface area contributed by atoms with E-state index in [4.69, 9.17) is 15.2 Å². The topological polar surface area (TPSA) is 99.4 Å². The summed E-state index contributed by atoms with van der Waals surface area (Å²) in [7, 11) is 2.85. The highest BCUT2D eigenvalue weighted by Crippen LogP contribution is 2.32. The van der Waals surface area contributed by atoms with Gasteiger partial charge < -0.3 is 20.5 Å². The number of nitrogens with two attached hydrogens (primary N) is 1. The Morgan fingerprint density at radius 2 is 2.04 bits per heavy atom. The van der Waals surface area contributed by atoms with E-state index in [9.17, 15) is 4.79 Å². The van der Waals surface area contributed by atoms with Crippen LogP contribution in [-0.4, -0.2) is 30.2 Å². The summed E-state index contributed by atoms with van der Waals surface area (Å²) in [5, 5.41) is 3.19. The fourth-order valence-corrected chi connectivity index (χ4v) is 2.15. The van der Waals surface area contributed by atoms with E-state index in [0.717, 1.165) is 5.69 Å². The van der Waals surface area contributed by atoms with Crippen LogP contribution in [0, 0.1) is 0 Å². The first kappa shape index (κ1) is 16.5. The van der Waals surface area contributed by atoms with Gasteiger partial charge in [0, 0.05) is 12.4 Å². The number of rotatable bonds is 5. The Balaban J connectivity index is 2.48. The number of nitrogens with zero attached hydrogens (tertiary/aromatic N) is 2. The van der Waals surface area contributed by atoms with Gasteiger partial charge in [0.05, 0.1) is 37.0 Å². The maximum absolute atomic E-state index is 11.8. The van der Waals surface area contributed by atoms with E-state index in [0.29, 0.717) is 28.5 Å². The third-order valence-corrected chi connectivity index (χ3v) is 3.28. The number of hydrogen-bond acceptors (Lipinski definition) is 7. The van der Waals surface area contributed by atoms with Crippen LogP contribution in [0.1, 0.15) is 35.8 Å². The second-order valence-corrected chi connectivity index (χ2v) is 5.21. The van der Waals surface area contributed by atoms with Crippen LogP contribution in [0.5, 0.6) is 5.88 Å². The minimum absolute atomic E-state index is 0.135. The minimum Gasteiger partial charge on any atom is -0.480 e. The second kappa shape index (κ2) is 6.95. The molecular formula is C16H20N4O3. The van der Waals surface area contributed by atoms with Gasteiger partial charge in [-0.25, -0.2) is 9.78 Å². The summed E-state index contributed by atoms with van der Waals surface area (Å²) in [5.74, 6) is 0.0405. The lowest BCUT2D eigenvalue weighted by Crippen LogP contribution is -2.09. The Hall–Kier alpha value is -2.83. The lowest BCUT2D eigenvalue weighted by molar-refractivity contribution is 0.0601. The van der Waals surface area contributed by atoms with Crippen molar-refractivity contribution in [3.05, 3.63) is 35.8 Å². The number of ether oxygens (including phenoxy) is 2. The van der Waals surface area contributed by atoms with Gasteiger partial charge in [-0.1, -0.05) is 13.8 Å². The molecule has 0 radical (unpaired) electrons. The predicted octanol–water partition coefficient (Wildman–Crippen LogP) is 2.72. The van der Waals surface area contributed by atoms with E-state index in [2.05, 4.69) is 15.3 Å². The molecule has 2 rings (SSSR count). The van der Waals surface area contributed by atoms with Crippen molar-refractivity contribution in [1.29, 1.82) is 0 Å². The van der Waals surface area contributed by atoms with E-state index < -0.39 is 5.97 Å². The van der Waals surface area contributed by atoms with Gasteiger partial charge in [-0.2, -0.15) is 0 Å². The molecule has 0 bridgehead atoms. The standard InChI is InChI=1S/C16H20N4O3/c1-9(2)14-13(7-11(17)15(20-14)22-3)19-12-5-6-18-8-10(12)16(21)23-4/h5-9H,17H2,1-4H3,(H,18,19). The molecule has 0 fully saturated rings. The van der Waals surface area contributed by atoms with Gasteiger partial charge in [0.1, 0.15) is 5.56 Å². The Morgan fingerprint density at radius 1 is 1.30 bits per heavy atom. The Morgan fingerprint density at radius 3 is 2.65 bits per heavy atom. The van der Waals surface area contributed by atoms with Crippen molar-refractivity contribution >= 4 is 23.0 Å². The lowest BCUT2D eigenvalue weighted by atomic mass is 10.1. The summed E-state index contributed by atoms with van der Waals surface area (Å²) >= 11 is 0. The van der Waals surface area contributed by atoms with Crippen LogP contribution in [-0.2, 0) is 4.74 Å². The lowest BCUT2D eigenvalue weighted by Gasteiger charge is -2.17. The number of pyridine rings is 2. The van der Waals surface area contributed by atoms with Crippen molar-refractivity contribution in [2.24, 2.45) is 0 Å². The van der Waals surface area contributed by atoms with E-state index in [1.807, 2.05) is 13.8 Å². The third kappa shape index (κ3) is 3.50. The molecule has 7 heteroatoms. The predicted molar refractivity (Wildman–Crippen MR) is 88.1 cm³/mol. The first-order valence-corrected chi connectivity index (χ1v) is 7.11. The molecule has 0 atom stereocenters. The van der Waals surface area contributed by atoms with Crippen molar-refractivity contribution < 1.29 is 14.3 Å². The zero-order chi connectivity index (χ0) is 17.0. The average molecular weight is 316 g/mol. The van der Waals surface area contributed by atoms with E-state index in [1.54, 1.807) is 18.3 Å². The van der Waals surface area contributed by atoms with Gasteiger partial charge >= 0.3 is 5.97 Å². The SMILES string of the molecule is COC(=O)c1cnccc1Nc1cc(N)c(OC)nc1C(C)C. The van der Waals surface area contributed by atoms with Gasteiger partial charge in [-0.05, 0) is 18.1 Å². The summed E-state index contributed by atoms with van der Waals surface area (Å²) in [6.07, 6.45) is 3.04. The largest absolute Gasteiger partial charge is 0.480 e. The smallest absolute Gasteiger partial charge is 0.341 e. The summed E-state index contributed by atoms with van der Waals surface area (Å²) in [5.41, 5.74) is 8.74. The average Bonchev–Trinajstić information content (AvgIpc) is 2.54. The summed E-state index contributed by atoms with van der Waals surface area (Å²) < 4.78 is 9.95. The Bertz CT molecular complexity index is 716. The van der Waals surface area contributed by atoms with Crippen LogP contribution in [0.2, 0.25) is 0 Å². The molecular weight excluding hydrogens is 296 g/mol. The van der Waals surface area contributed by atoms with Gasteiger partial charge in [-0.3, -0.25) is 4.98 Å². The van der Waals surface area contributed by atoms with Crippen LogP contribution in [0.4, 0.5) is 17.1 Å². The molecule has 3 N–H and O–H groups in total. The fourth-order valence-electron chi connectivity index (χ4n) is 2.15. The molecule has 0 aliphatic heterocycles. The van der Waals surface area contributed by atoms with Crippen molar-refractivity contribution in [1.82, 2.24) is 9.97 Å². The number of carbonyl (C=O) groups excluding carboxylic acids is 1. The summed E-state index contributed by atoms with van der Waals surface area (Å²) in [6.45, 7) is 4.02. The van der Waals surface area contributed by atoms with Crippen LogP contribution < -0.4 is 15.8 Å². The highest BCUT2D eigenvalue weighted by atomic mass is 16.5. The highest BCUT2D eigenvalue weighted by molar-refractivity contribution is 5.96. The molecule has 122 valence electrons. The van der Waals surface area contributed by atoms with Crippen LogP contribution in [0.25, 0.3) is 0 Å². The first-order valence-electron chi connectivity index (χ1n) is 7.11. The molecule has 0 unspecified atom stereocenters. The molecule has 0 saturated heterocycles. The van der Waals surface area contributed by atoms with E-state index in [-0.39, 0.29) is 5.92 Å². The van der Waals surface area contributed by atoms with Gasteiger partial charge in [0.2, 0.25) is 5.88 Å². The molecule has 0 saturated carbocycles. The van der Waals surface area contributed by atoms with E-state index >= 15 is 0 Å². The summed E-state index contributed by atoms with van der Waals surface area (Å²) in [4.78, 5) is 20.2. The second-order valence-electron chi connectivity index (χ2n) is 5.21. The Kier molecular flexibility index (Phi) is 5.00. The molecule has 23 heavy (non-hydrogen) atoms. The number of anilines is 3. The number of nitrogens with one attached hydrogen (secondary N) is 1. The maximum atomic E-state index is 11.8. The van der Waals surface area contributed by atoms with Crippen molar-refractivity contribution in [2.45, 2.75) is 19.8 Å². The fraction of sp³-hybridized carbons (Fsp3) is 0.312. The molecule has 7 nitrogen and oxygen atoms in total. The molecule has 0 aliphatic rings. The monoisotopic (exact) mass is 316 g/mol. The molecule has 0 amide bonds.